The van der Waals surface area contributed by atoms with Crippen LogP contribution >= 0.6 is 11.3 Å². The van der Waals surface area contributed by atoms with Gasteiger partial charge in [-0.2, -0.15) is 0 Å². The van der Waals surface area contributed by atoms with E-state index in [0.29, 0.717) is 10.9 Å². The van der Waals surface area contributed by atoms with E-state index in [1.165, 1.54) is 50.8 Å². The molecule has 5 nitrogen and oxygen atoms in total. The molecule has 0 bridgehead atoms. The van der Waals surface area contributed by atoms with E-state index in [1.54, 1.807) is 0 Å². The Morgan fingerprint density at radius 2 is 2.15 bits per heavy atom. The van der Waals surface area contributed by atoms with Crippen molar-refractivity contribution < 1.29 is 9.53 Å². The summed E-state index contributed by atoms with van der Waals surface area (Å²) >= 11 is 1.37. The SMILES string of the molecule is COC(=O)c1sc(NCC(C)N2CCCCC2)nc1C. The number of hydrogen-bond acceptors (Lipinski definition) is 6. The molecule has 1 unspecified atom stereocenters. The van der Waals surface area contributed by atoms with Gasteiger partial charge in [-0.25, -0.2) is 9.78 Å². The largest absolute Gasteiger partial charge is 0.465 e. The standard InChI is InChI=1S/C14H23N3O2S/c1-10(17-7-5-4-6-8-17)9-15-14-16-11(2)12(20-14)13(18)19-3/h10H,4-9H2,1-3H3,(H,15,16). The van der Waals surface area contributed by atoms with E-state index in [9.17, 15) is 4.79 Å². The summed E-state index contributed by atoms with van der Waals surface area (Å²) in [6.07, 6.45) is 3.95. The topological polar surface area (TPSA) is 54.5 Å². The van der Waals surface area contributed by atoms with Gasteiger partial charge in [-0.1, -0.05) is 17.8 Å². The number of anilines is 1. The predicted molar refractivity (Wildman–Crippen MR) is 81.6 cm³/mol. The highest BCUT2D eigenvalue weighted by molar-refractivity contribution is 7.17. The minimum Gasteiger partial charge on any atom is -0.465 e. The number of carbonyl (C=O) groups excluding carboxylic acids is 1. The van der Waals surface area contributed by atoms with Gasteiger partial charge in [0.1, 0.15) is 4.88 Å². The molecule has 112 valence electrons. The third-order valence-corrected chi connectivity index (χ3v) is 4.83. The highest BCUT2D eigenvalue weighted by Crippen LogP contribution is 2.23. The third kappa shape index (κ3) is 3.70. The lowest BCUT2D eigenvalue weighted by Crippen LogP contribution is -2.41. The fourth-order valence-corrected chi connectivity index (χ4v) is 3.37. The molecule has 20 heavy (non-hydrogen) atoms. The van der Waals surface area contributed by atoms with Crippen LogP contribution in [-0.2, 0) is 4.74 Å². The van der Waals surface area contributed by atoms with E-state index >= 15 is 0 Å². The number of rotatable bonds is 5. The molecule has 0 aliphatic carbocycles. The van der Waals surface area contributed by atoms with E-state index in [2.05, 4.69) is 22.1 Å². The van der Waals surface area contributed by atoms with Crippen LogP contribution in [0, 0.1) is 6.92 Å². The van der Waals surface area contributed by atoms with Gasteiger partial charge in [0.05, 0.1) is 12.8 Å². The second kappa shape index (κ2) is 7.04. The van der Waals surface area contributed by atoms with Gasteiger partial charge in [-0.15, -0.1) is 0 Å². The number of piperidine rings is 1. The highest BCUT2D eigenvalue weighted by Gasteiger charge is 2.18. The van der Waals surface area contributed by atoms with Gasteiger partial charge in [-0.3, -0.25) is 4.90 Å². The molecule has 1 aromatic rings. The minimum atomic E-state index is -0.308. The molecule has 1 N–H and O–H groups in total. The fourth-order valence-electron chi connectivity index (χ4n) is 2.48. The Balaban J connectivity index is 1.88. The van der Waals surface area contributed by atoms with Gasteiger partial charge in [0.15, 0.2) is 5.13 Å². The highest BCUT2D eigenvalue weighted by atomic mass is 32.1. The molecule has 0 spiro atoms. The van der Waals surface area contributed by atoms with Gasteiger partial charge in [-0.05, 0) is 39.8 Å². The van der Waals surface area contributed by atoms with E-state index in [-0.39, 0.29) is 5.97 Å². The molecule has 1 saturated heterocycles. The monoisotopic (exact) mass is 297 g/mol. The van der Waals surface area contributed by atoms with E-state index in [0.717, 1.165) is 17.4 Å². The van der Waals surface area contributed by atoms with Gasteiger partial charge in [0.25, 0.3) is 0 Å². The van der Waals surface area contributed by atoms with Crippen molar-refractivity contribution in [2.75, 3.05) is 32.1 Å². The van der Waals surface area contributed by atoms with Crippen LogP contribution in [0.5, 0.6) is 0 Å². The van der Waals surface area contributed by atoms with Crippen LogP contribution in [0.4, 0.5) is 5.13 Å². The average molecular weight is 297 g/mol. The molecule has 2 rings (SSSR count). The second-order valence-corrected chi connectivity index (χ2v) is 6.25. The molecule has 2 heterocycles. The normalized spacial score (nSPS) is 17.8. The number of methoxy groups -OCH3 is 1. The smallest absolute Gasteiger partial charge is 0.350 e. The third-order valence-electron chi connectivity index (χ3n) is 3.73. The molecule has 1 aromatic heterocycles. The lowest BCUT2D eigenvalue weighted by atomic mass is 10.1. The van der Waals surface area contributed by atoms with Crippen molar-refractivity contribution in [3.8, 4) is 0 Å². The summed E-state index contributed by atoms with van der Waals surface area (Å²) in [5, 5.41) is 4.14. The number of hydrogen-bond donors (Lipinski definition) is 1. The first-order valence-electron chi connectivity index (χ1n) is 7.15. The van der Waals surface area contributed by atoms with Gasteiger partial charge in [0.2, 0.25) is 0 Å². The number of carbonyl (C=O) groups is 1. The Kier molecular flexibility index (Phi) is 5.37. The first kappa shape index (κ1) is 15.3. The van der Waals surface area contributed by atoms with E-state index in [4.69, 9.17) is 4.74 Å². The van der Waals surface area contributed by atoms with Crippen LogP contribution in [0.1, 0.15) is 41.6 Å². The Labute approximate surface area is 124 Å². The molecule has 1 aliphatic heterocycles. The molecule has 1 atom stereocenters. The van der Waals surface area contributed by atoms with Crippen molar-refractivity contribution in [1.29, 1.82) is 0 Å². The molecule has 0 radical (unpaired) electrons. The number of aromatic nitrogens is 1. The fraction of sp³-hybridized carbons (Fsp3) is 0.714. The minimum absolute atomic E-state index is 0.308. The van der Waals surface area contributed by atoms with Crippen LogP contribution < -0.4 is 5.32 Å². The van der Waals surface area contributed by atoms with Crippen molar-refractivity contribution in [2.24, 2.45) is 0 Å². The average Bonchev–Trinajstić information content (AvgIpc) is 2.86. The van der Waals surface area contributed by atoms with Crippen LogP contribution in [-0.4, -0.2) is 48.6 Å². The molecule has 0 amide bonds. The first-order chi connectivity index (χ1) is 9.61. The van der Waals surface area contributed by atoms with Crippen LogP contribution in [0.2, 0.25) is 0 Å². The molecule has 0 saturated carbocycles. The summed E-state index contributed by atoms with van der Waals surface area (Å²) < 4.78 is 4.75. The zero-order valence-electron chi connectivity index (χ0n) is 12.4. The number of thiazole rings is 1. The van der Waals surface area contributed by atoms with Crippen molar-refractivity contribution in [3.05, 3.63) is 10.6 Å². The predicted octanol–water partition coefficient (Wildman–Crippen LogP) is 2.52. The summed E-state index contributed by atoms with van der Waals surface area (Å²) in [5.74, 6) is -0.308. The van der Waals surface area contributed by atoms with E-state index < -0.39 is 0 Å². The lowest BCUT2D eigenvalue weighted by molar-refractivity contribution is 0.0605. The van der Waals surface area contributed by atoms with E-state index in [1.807, 2.05) is 6.92 Å². The molecule has 1 aliphatic rings. The van der Waals surface area contributed by atoms with Crippen molar-refractivity contribution in [1.82, 2.24) is 9.88 Å². The Hall–Kier alpha value is -1.14. The zero-order valence-corrected chi connectivity index (χ0v) is 13.3. The number of ether oxygens (including phenoxy) is 1. The first-order valence-corrected chi connectivity index (χ1v) is 7.97. The maximum atomic E-state index is 11.5. The van der Waals surface area contributed by atoms with Crippen LogP contribution in [0.25, 0.3) is 0 Å². The van der Waals surface area contributed by atoms with Crippen LogP contribution in [0.3, 0.4) is 0 Å². The number of aryl methyl sites for hydroxylation is 1. The van der Waals surface area contributed by atoms with Crippen molar-refractivity contribution in [2.45, 2.75) is 39.2 Å². The number of nitrogens with one attached hydrogen (secondary N) is 1. The second-order valence-electron chi connectivity index (χ2n) is 5.25. The maximum absolute atomic E-state index is 11.5. The van der Waals surface area contributed by atoms with Crippen LogP contribution in [0.15, 0.2) is 0 Å². The summed E-state index contributed by atoms with van der Waals surface area (Å²) in [4.78, 5) is 19.0. The summed E-state index contributed by atoms with van der Waals surface area (Å²) in [7, 11) is 1.40. The number of esters is 1. The Morgan fingerprint density at radius 3 is 2.80 bits per heavy atom. The molecule has 0 aromatic carbocycles. The lowest BCUT2D eigenvalue weighted by Gasteiger charge is -2.32. The molecular weight excluding hydrogens is 274 g/mol. The summed E-state index contributed by atoms with van der Waals surface area (Å²) in [6, 6.07) is 0.487. The Bertz CT molecular complexity index is 455. The summed E-state index contributed by atoms with van der Waals surface area (Å²) in [5.41, 5.74) is 0.731. The summed E-state index contributed by atoms with van der Waals surface area (Å²) in [6.45, 7) is 7.30. The van der Waals surface area contributed by atoms with Gasteiger partial charge >= 0.3 is 5.97 Å². The molecule has 6 heteroatoms. The Morgan fingerprint density at radius 1 is 1.45 bits per heavy atom. The number of likely N-dealkylation sites (tertiary alicyclic amines) is 1. The quantitative estimate of drug-likeness (QED) is 0.846. The number of nitrogens with zero attached hydrogens (tertiary/aromatic N) is 2. The maximum Gasteiger partial charge on any atom is 0.350 e. The van der Waals surface area contributed by atoms with Gasteiger partial charge in [0, 0.05) is 12.6 Å². The van der Waals surface area contributed by atoms with Gasteiger partial charge < -0.3 is 10.1 Å². The van der Waals surface area contributed by atoms with Crippen molar-refractivity contribution >= 4 is 22.4 Å². The molecular formula is C14H23N3O2S. The van der Waals surface area contributed by atoms with Crippen molar-refractivity contribution in [3.63, 3.8) is 0 Å². The molecule has 1 fully saturated rings. The zero-order chi connectivity index (χ0) is 14.5.